The normalized spacial score (nSPS) is 10.1. The van der Waals surface area contributed by atoms with Gasteiger partial charge in [0.25, 0.3) is 0 Å². The number of hydrogen-bond donors (Lipinski definition) is 1. The molecule has 0 aliphatic heterocycles. The fourth-order valence-electron chi connectivity index (χ4n) is 0.933. The van der Waals surface area contributed by atoms with Crippen molar-refractivity contribution < 1.29 is 0 Å². The lowest BCUT2D eigenvalue weighted by atomic mass is 10.2. The molecule has 0 fully saturated rings. The number of aryl methyl sites for hydroxylation is 1. The van der Waals surface area contributed by atoms with Gasteiger partial charge in [0.15, 0.2) is 0 Å². The second-order valence-corrected chi connectivity index (χ2v) is 3.13. The Morgan fingerprint density at radius 3 is 2.90 bits per heavy atom. The number of halogens is 1. The first-order chi connectivity index (χ1) is 4.93. The van der Waals surface area contributed by atoms with Gasteiger partial charge in [-0.3, -0.25) is 0 Å². The number of rotatable bonds is 4. The molecule has 10 heavy (non-hydrogen) atoms. The van der Waals surface area contributed by atoms with Gasteiger partial charge in [-0.1, -0.05) is 15.9 Å². The first-order valence-corrected chi connectivity index (χ1v) is 4.74. The van der Waals surface area contributed by atoms with Crippen LogP contribution in [0.5, 0.6) is 0 Å². The molecule has 1 aromatic rings. The Labute approximate surface area is 70.0 Å². The maximum Gasteiger partial charge on any atom is 0.0147 e. The van der Waals surface area contributed by atoms with Crippen LogP contribution in [0, 0.1) is 0 Å². The highest BCUT2D eigenvalue weighted by Gasteiger charge is 1.90. The second kappa shape index (κ2) is 4.56. The number of H-pyrrole nitrogens is 1. The van der Waals surface area contributed by atoms with Gasteiger partial charge in [-0.15, -0.1) is 0 Å². The Morgan fingerprint density at radius 1 is 1.40 bits per heavy atom. The molecule has 1 N–H and O–H groups in total. The molecule has 0 aliphatic rings. The standard InChI is InChI=1S/C8H12BrN/c9-6-2-1-4-8-5-3-7-10-8/h3,5,7,10H,1-2,4,6H2. The van der Waals surface area contributed by atoms with Crippen LogP contribution in [0.25, 0.3) is 0 Å². The maximum atomic E-state index is 3.40. The summed E-state index contributed by atoms with van der Waals surface area (Å²) in [6.07, 6.45) is 5.69. The molecule has 1 heterocycles. The highest BCUT2D eigenvalue weighted by atomic mass is 79.9. The van der Waals surface area contributed by atoms with Crippen molar-refractivity contribution in [2.45, 2.75) is 19.3 Å². The van der Waals surface area contributed by atoms with Crippen LogP contribution in [0.3, 0.4) is 0 Å². The summed E-state index contributed by atoms with van der Waals surface area (Å²) in [5, 5.41) is 1.12. The average Bonchev–Trinajstić information content (AvgIpc) is 2.41. The highest BCUT2D eigenvalue weighted by Crippen LogP contribution is 2.02. The van der Waals surface area contributed by atoms with Gasteiger partial charge in [0, 0.05) is 17.2 Å². The Kier molecular flexibility index (Phi) is 3.58. The maximum absolute atomic E-state index is 3.40. The van der Waals surface area contributed by atoms with Crippen molar-refractivity contribution in [2.24, 2.45) is 0 Å². The summed E-state index contributed by atoms with van der Waals surface area (Å²) in [6.45, 7) is 0. The van der Waals surface area contributed by atoms with Crippen LogP contribution in [0.1, 0.15) is 18.5 Å². The molecule has 56 valence electrons. The molecule has 0 atom stereocenters. The van der Waals surface area contributed by atoms with Crippen LogP contribution in [-0.4, -0.2) is 10.3 Å². The van der Waals surface area contributed by atoms with E-state index in [0.29, 0.717) is 0 Å². The van der Waals surface area contributed by atoms with E-state index < -0.39 is 0 Å². The molecule has 1 rings (SSSR count). The summed E-state index contributed by atoms with van der Waals surface area (Å²) in [7, 11) is 0. The number of hydrogen-bond acceptors (Lipinski definition) is 0. The van der Waals surface area contributed by atoms with E-state index in [1.165, 1.54) is 25.0 Å². The lowest BCUT2D eigenvalue weighted by Crippen LogP contribution is -1.84. The molecule has 0 unspecified atom stereocenters. The van der Waals surface area contributed by atoms with Crippen molar-refractivity contribution in [3.8, 4) is 0 Å². The molecule has 0 radical (unpaired) electrons. The second-order valence-electron chi connectivity index (χ2n) is 2.34. The fraction of sp³-hybridized carbons (Fsp3) is 0.500. The first kappa shape index (κ1) is 7.86. The summed E-state index contributed by atoms with van der Waals surface area (Å²) < 4.78 is 0. The Balaban J connectivity index is 2.15. The summed E-state index contributed by atoms with van der Waals surface area (Å²) in [6, 6.07) is 4.18. The minimum atomic E-state index is 1.12. The third-order valence-corrected chi connectivity index (χ3v) is 2.05. The predicted octanol–water partition coefficient (Wildman–Crippen LogP) is 2.73. The molecular formula is C8H12BrN. The monoisotopic (exact) mass is 201 g/mol. The smallest absolute Gasteiger partial charge is 0.0147 e. The van der Waals surface area contributed by atoms with Gasteiger partial charge >= 0.3 is 0 Å². The van der Waals surface area contributed by atoms with Crippen molar-refractivity contribution >= 4 is 15.9 Å². The summed E-state index contributed by atoms with van der Waals surface area (Å²) in [5.41, 5.74) is 1.35. The van der Waals surface area contributed by atoms with Crippen molar-refractivity contribution in [1.82, 2.24) is 4.98 Å². The van der Waals surface area contributed by atoms with Crippen LogP contribution in [0.15, 0.2) is 18.3 Å². The van der Waals surface area contributed by atoms with Crippen LogP contribution in [0.2, 0.25) is 0 Å². The van der Waals surface area contributed by atoms with Crippen molar-refractivity contribution in [3.05, 3.63) is 24.0 Å². The molecule has 1 nitrogen and oxygen atoms in total. The minimum absolute atomic E-state index is 1.12. The molecule has 0 amide bonds. The van der Waals surface area contributed by atoms with Crippen LogP contribution < -0.4 is 0 Å². The number of aromatic nitrogens is 1. The van der Waals surface area contributed by atoms with E-state index in [-0.39, 0.29) is 0 Å². The van der Waals surface area contributed by atoms with Gasteiger partial charge in [0.05, 0.1) is 0 Å². The number of nitrogens with one attached hydrogen (secondary N) is 1. The van der Waals surface area contributed by atoms with Gasteiger partial charge in [0.1, 0.15) is 0 Å². The Morgan fingerprint density at radius 2 is 2.30 bits per heavy atom. The molecule has 0 aliphatic carbocycles. The lowest BCUT2D eigenvalue weighted by molar-refractivity contribution is 0.791. The molecule has 0 saturated carbocycles. The molecule has 2 heteroatoms. The molecule has 0 saturated heterocycles. The number of unbranched alkanes of at least 4 members (excludes halogenated alkanes) is 1. The average molecular weight is 202 g/mol. The molecule has 0 bridgehead atoms. The van der Waals surface area contributed by atoms with E-state index in [1.54, 1.807) is 0 Å². The van der Waals surface area contributed by atoms with Gasteiger partial charge in [0.2, 0.25) is 0 Å². The number of aromatic amines is 1. The zero-order chi connectivity index (χ0) is 7.23. The van der Waals surface area contributed by atoms with E-state index in [0.717, 1.165) is 5.33 Å². The van der Waals surface area contributed by atoms with E-state index in [1.807, 2.05) is 12.3 Å². The van der Waals surface area contributed by atoms with E-state index in [9.17, 15) is 0 Å². The summed E-state index contributed by atoms with van der Waals surface area (Å²) in [4.78, 5) is 3.18. The minimum Gasteiger partial charge on any atom is -0.365 e. The summed E-state index contributed by atoms with van der Waals surface area (Å²) >= 11 is 3.40. The topological polar surface area (TPSA) is 15.8 Å². The van der Waals surface area contributed by atoms with Crippen LogP contribution >= 0.6 is 15.9 Å². The van der Waals surface area contributed by atoms with Gasteiger partial charge in [-0.2, -0.15) is 0 Å². The lowest BCUT2D eigenvalue weighted by Gasteiger charge is -1.93. The van der Waals surface area contributed by atoms with Crippen molar-refractivity contribution in [1.29, 1.82) is 0 Å². The molecule has 0 aromatic carbocycles. The van der Waals surface area contributed by atoms with Gasteiger partial charge in [-0.05, 0) is 31.4 Å². The van der Waals surface area contributed by atoms with E-state index in [4.69, 9.17) is 0 Å². The zero-order valence-electron chi connectivity index (χ0n) is 5.94. The third-order valence-electron chi connectivity index (χ3n) is 1.49. The van der Waals surface area contributed by atoms with Crippen molar-refractivity contribution in [2.75, 3.05) is 5.33 Å². The SMILES string of the molecule is BrCCCCc1ccc[nH]1. The highest BCUT2D eigenvalue weighted by molar-refractivity contribution is 9.09. The van der Waals surface area contributed by atoms with Crippen molar-refractivity contribution in [3.63, 3.8) is 0 Å². The third kappa shape index (κ3) is 2.56. The van der Waals surface area contributed by atoms with E-state index >= 15 is 0 Å². The first-order valence-electron chi connectivity index (χ1n) is 3.61. The van der Waals surface area contributed by atoms with Gasteiger partial charge < -0.3 is 4.98 Å². The number of alkyl halides is 1. The van der Waals surface area contributed by atoms with Crippen LogP contribution in [-0.2, 0) is 6.42 Å². The quantitative estimate of drug-likeness (QED) is 0.570. The van der Waals surface area contributed by atoms with Crippen LogP contribution in [0.4, 0.5) is 0 Å². The molecule has 1 aromatic heterocycles. The van der Waals surface area contributed by atoms with Gasteiger partial charge in [-0.25, -0.2) is 0 Å². The Hall–Kier alpha value is -0.240. The van der Waals surface area contributed by atoms with E-state index in [2.05, 4.69) is 27.0 Å². The predicted molar refractivity (Wildman–Crippen MR) is 47.5 cm³/mol. The molecule has 0 spiro atoms. The largest absolute Gasteiger partial charge is 0.365 e. The molecular weight excluding hydrogens is 190 g/mol. The summed E-state index contributed by atoms with van der Waals surface area (Å²) in [5.74, 6) is 0. The fourth-order valence-corrected chi connectivity index (χ4v) is 1.33. The zero-order valence-corrected chi connectivity index (χ0v) is 7.52. The Bertz CT molecular complexity index is 158.